The molecule has 1 aliphatic heterocycles. The molecule has 0 aliphatic carbocycles. The molecule has 1 aliphatic rings. The van der Waals surface area contributed by atoms with Crippen molar-refractivity contribution < 1.29 is 9.47 Å². The van der Waals surface area contributed by atoms with E-state index in [4.69, 9.17) is 9.47 Å². The number of hydrogen-bond donors (Lipinski definition) is 1. The molecule has 1 aromatic heterocycles. The highest BCUT2D eigenvalue weighted by atomic mass is 79.9. The largest absolute Gasteiger partial charge is 0.493 e. The molecular weight excluding hydrogens is 428 g/mol. The van der Waals surface area contributed by atoms with Crippen LogP contribution >= 0.6 is 27.7 Å². The van der Waals surface area contributed by atoms with E-state index in [0.29, 0.717) is 23.3 Å². The van der Waals surface area contributed by atoms with Gasteiger partial charge in [-0.1, -0.05) is 39.8 Å². The van der Waals surface area contributed by atoms with Gasteiger partial charge < -0.3 is 14.8 Å². The standard InChI is InChI=1S/C19H17BrN4O2S/c1-3-25-15-7-5-4-6-12(15)17-21-14-9-8-11(20)10-13(14)16-18(26-17)22-19(27-2)24-23-16/h4-10,17,21H,3H2,1-2H3/t17-/m1/s1. The van der Waals surface area contributed by atoms with Crippen LogP contribution in [-0.2, 0) is 0 Å². The van der Waals surface area contributed by atoms with Crippen LogP contribution in [0, 0.1) is 0 Å². The van der Waals surface area contributed by atoms with Crippen molar-refractivity contribution in [2.24, 2.45) is 0 Å². The van der Waals surface area contributed by atoms with Crippen LogP contribution in [0.4, 0.5) is 5.69 Å². The van der Waals surface area contributed by atoms with Gasteiger partial charge in [0, 0.05) is 15.7 Å². The summed E-state index contributed by atoms with van der Waals surface area (Å²) in [6, 6.07) is 13.8. The summed E-state index contributed by atoms with van der Waals surface area (Å²) >= 11 is 4.95. The quantitative estimate of drug-likeness (QED) is 0.572. The Balaban J connectivity index is 1.87. The number of thioether (sulfide) groups is 1. The monoisotopic (exact) mass is 444 g/mol. The molecule has 27 heavy (non-hydrogen) atoms. The topological polar surface area (TPSA) is 69.2 Å². The average molecular weight is 445 g/mol. The average Bonchev–Trinajstić information content (AvgIpc) is 2.84. The Morgan fingerprint density at radius 3 is 2.89 bits per heavy atom. The minimum atomic E-state index is -0.472. The first-order valence-corrected chi connectivity index (χ1v) is 10.4. The van der Waals surface area contributed by atoms with Crippen LogP contribution in [0.25, 0.3) is 11.3 Å². The number of halogens is 1. The predicted molar refractivity (Wildman–Crippen MR) is 109 cm³/mol. The molecule has 1 atom stereocenters. The molecule has 138 valence electrons. The molecule has 6 nitrogen and oxygen atoms in total. The second-order valence-corrected chi connectivity index (χ2v) is 7.44. The van der Waals surface area contributed by atoms with Crippen molar-refractivity contribution in [2.75, 3.05) is 18.2 Å². The van der Waals surface area contributed by atoms with Gasteiger partial charge in [-0.25, -0.2) is 0 Å². The Hall–Kier alpha value is -2.32. The number of nitrogens with one attached hydrogen (secondary N) is 1. The highest BCUT2D eigenvalue weighted by Crippen LogP contribution is 2.42. The van der Waals surface area contributed by atoms with Crippen molar-refractivity contribution in [1.29, 1.82) is 0 Å². The molecular formula is C19H17BrN4O2S. The first kappa shape index (κ1) is 18.1. The first-order valence-electron chi connectivity index (χ1n) is 8.43. The third kappa shape index (κ3) is 3.59. The Kier molecular flexibility index (Phi) is 5.18. The van der Waals surface area contributed by atoms with E-state index in [1.54, 1.807) is 0 Å². The minimum Gasteiger partial charge on any atom is -0.493 e. The molecule has 8 heteroatoms. The highest BCUT2D eigenvalue weighted by molar-refractivity contribution is 9.10. The number of anilines is 1. The first-order chi connectivity index (χ1) is 13.2. The predicted octanol–water partition coefficient (Wildman–Crippen LogP) is 4.92. The summed E-state index contributed by atoms with van der Waals surface area (Å²) in [6.07, 6.45) is 1.44. The summed E-state index contributed by atoms with van der Waals surface area (Å²) in [5, 5.41) is 12.6. The zero-order valence-electron chi connectivity index (χ0n) is 14.8. The third-order valence-corrected chi connectivity index (χ3v) is 5.10. The second-order valence-electron chi connectivity index (χ2n) is 5.76. The lowest BCUT2D eigenvalue weighted by molar-refractivity contribution is 0.217. The lowest BCUT2D eigenvalue weighted by Crippen LogP contribution is -2.18. The minimum absolute atomic E-state index is 0.440. The van der Waals surface area contributed by atoms with Crippen LogP contribution in [0.1, 0.15) is 18.7 Å². The van der Waals surface area contributed by atoms with Gasteiger partial charge in [0.1, 0.15) is 5.75 Å². The smallest absolute Gasteiger partial charge is 0.247 e. The number of rotatable bonds is 4. The summed E-state index contributed by atoms with van der Waals surface area (Å²) in [6.45, 7) is 2.53. The molecule has 0 bridgehead atoms. The summed E-state index contributed by atoms with van der Waals surface area (Å²) in [7, 11) is 0. The number of nitrogens with zero attached hydrogens (tertiary/aromatic N) is 3. The van der Waals surface area contributed by atoms with Crippen LogP contribution in [0.2, 0.25) is 0 Å². The number of benzene rings is 2. The fourth-order valence-corrected chi connectivity index (χ4v) is 3.54. The van der Waals surface area contributed by atoms with Crippen LogP contribution in [0.5, 0.6) is 11.6 Å². The highest BCUT2D eigenvalue weighted by Gasteiger charge is 2.28. The van der Waals surface area contributed by atoms with E-state index in [1.165, 1.54) is 11.8 Å². The van der Waals surface area contributed by atoms with E-state index < -0.39 is 6.23 Å². The number of hydrogen-bond acceptors (Lipinski definition) is 7. The van der Waals surface area contributed by atoms with Crippen LogP contribution < -0.4 is 14.8 Å². The zero-order valence-corrected chi connectivity index (χ0v) is 17.2. The van der Waals surface area contributed by atoms with Crippen molar-refractivity contribution in [3.8, 4) is 22.9 Å². The Labute approximate surface area is 169 Å². The maximum atomic E-state index is 6.26. The summed E-state index contributed by atoms with van der Waals surface area (Å²) in [5.41, 5.74) is 3.27. The zero-order chi connectivity index (χ0) is 18.8. The van der Waals surface area contributed by atoms with Crippen LogP contribution in [0.3, 0.4) is 0 Å². The maximum absolute atomic E-state index is 6.26. The van der Waals surface area contributed by atoms with Gasteiger partial charge in [0.15, 0.2) is 5.69 Å². The van der Waals surface area contributed by atoms with Gasteiger partial charge in [-0.15, -0.1) is 10.2 Å². The molecule has 4 rings (SSSR count). The lowest BCUT2D eigenvalue weighted by Gasteiger charge is -2.21. The molecule has 0 radical (unpaired) electrons. The SMILES string of the molecule is CCOc1ccccc1[C@@H]1Nc2ccc(Br)cc2-c2nnc(SC)nc2O1. The van der Waals surface area contributed by atoms with Gasteiger partial charge >= 0.3 is 0 Å². The lowest BCUT2D eigenvalue weighted by atomic mass is 10.1. The van der Waals surface area contributed by atoms with Gasteiger partial charge in [0.2, 0.25) is 17.3 Å². The van der Waals surface area contributed by atoms with Crippen LogP contribution in [0.15, 0.2) is 52.1 Å². The number of aromatic nitrogens is 3. The van der Waals surface area contributed by atoms with Crippen molar-refractivity contribution in [1.82, 2.24) is 15.2 Å². The van der Waals surface area contributed by atoms with E-state index in [2.05, 4.69) is 36.4 Å². The molecule has 3 aromatic rings. The summed E-state index contributed by atoms with van der Waals surface area (Å²) in [4.78, 5) is 4.54. The second kappa shape index (κ2) is 7.74. The molecule has 0 saturated heterocycles. The third-order valence-electron chi connectivity index (χ3n) is 4.07. The van der Waals surface area contributed by atoms with Gasteiger partial charge in [0.25, 0.3) is 0 Å². The molecule has 0 saturated carbocycles. The molecule has 0 unspecified atom stereocenters. The summed E-state index contributed by atoms with van der Waals surface area (Å²) < 4.78 is 13.0. The van der Waals surface area contributed by atoms with Crippen molar-refractivity contribution in [2.45, 2.75) is 18.3 Å². The van der Waals surface area contributed by atoms with Gasteiger partial charge in [-0.3, -0.25) is 0 Å². The Morgan fingerprint density at radius 2 is 2.07 bits per heavy atom. The molecule has 0 amide bonds. The summed E-state index contributed by atoms with van der Waals surface area (Å²) in [5.74, 6) is 1.21. The Bertz CT molecular complexity index is 986. The number of fused-ring (bicyclic) bond motifs is 3. The van der Waals surface area contributed by atoms with E-state index in [9.17, 15) is 0 Å². The van der Waals surface area contributed by atoms with E-state index in [-0.39, 0.29) is 0 Å². The van der Waals surface area contributed by atoms with Gasteiger partial charge in [-0.2, -0.15) is 4.98 Å². The fraction of sp³-hybridized carbons (Fsp3) is 0.211. The van der Waals surface area contributed by atoms with Crippen molar-refractivity contribution in [3.05, 3.63) is 52.5 Å². The molecule has 0 fully saturated rings. The number of para-hydroxylation sites is 1. The normalized spacial score (nSPS) is 15.0. The van der Waals surface area contributed by atoms with E-state index >= 15 is 0 Å². The fourth-order valence-electron chi connectivity index (χ4n) is 2.88. The van der Waals surface area contributed by atoms with Crippen LogP contribution in [-0.4, -0.2) is 28.0 Å². The molecule has 0 spiro atoms. The van der Waals surface area contributed by atoms with E-state index in [1.807, 2.05) is 55.6 Å². The van der Waals surface area contributed by atoms with Gasteiger partial charge in [-0.05, 0) is 43.5 Å². The van der Waals surface area contributed by atoms with E-state index in [0.717, 1.165) is 27.0 Å². The Morgan fingerprint density at radius 1 is 1.22 bits per heavy atom. The molecule has 1 N–H and O–H groups in total. The van der Waals surface area contributed by atoms with Crippen molar-refractivity contribution >= 4 is 33.4 Å². The number of ether oxygens (including phenoxy) is 2. The van der Waals surface area contributed by atoms with Gasteiger partial charge in [0.05, 0.1) is 12.2 Å². The van der Waals surface area contributed by atoms with Crippen molar-refractivity contribution in [3.63, 3.8) is 0 Å². The molecule has 2 heterocycles. The maximum Gasteiger partial charge on any atom is 0.247 e. The molecule has 2 aromatic carbocycles.